The van der Waals surface area contributed by atoms with E-state index in [9.17, 15) is 15.2 Å². The van der Waals surface area contributed by atoms with Crippen LogP contribution in [0.15, 0.2) is 121 Å². The molecule has 0 atom stereocenters. The Bertz CT molecular complexity index is 3220. The maximum Gasteiger partial charge on any atom is 0.346 e. The molecule has 63 heavy (non-hydrogen) atoms. The number of fused-ring (bicyclic) bond motifs is 8. The molecular weight excluding hydrogens is 791 g/mol. The van der Waals surface area contributed by atoms with E-state index in [1.165, 1.54) is 6.08 Å². The molecule has 308 valence electrons. The summed E-state index contributed by atoms with van der Waals surface area (Å²) in [5.41, 5.74) is 11.9. The molecule has 0 aliphatic carbocycles. The van der Waals surface area contributed by atoms with Crippen LogP contribution in [0.2, 0.25) is 0 Å². The SMILES string of the molecule is COc1ccc(-c2c3nc(c(-c4ccc(OC)cc4)c4cc(/C=C(\C#N)C(=O)O)c([nH]4)c(-c4ccc(OC)cc4)c4nc(c(-c5ccc(OC)cc5)c5ccc2[nH]5)C=C4)C=C3)cc1. The Kier molecular flexibility index (Phi) is 10.6. The number of ether oxygens (including phenoxy) is 4. The second-order valence-electron chi connectivity index (χ2n) is 14.6. The van der Waals surface area contributed by atoms with E-state index in [0.717, 1.165) is 55.7 Å². The smallest absolute Gasteiger partial charge is 0.346 e. The van der Waals surface area contributed by atoms with Crippen LogP contribution in [0.4, 0.5) is 0 Å². The lowest BCUT2D eigenvalue weighted by Crippen LogP contribution is -1.97. The molecule has 9 rings (SSSR count). The number of hydrogen-bond donors (Lipinski definition) is 3. The highest BCUT2D eigenvalue weighted by Crippen LogP contribution is 2.41. The summed E-state index contributed by atoms with van der Waals surface area (Å²) in [6.45, 7) is 0. The molecule has 8 bridgehead atoms. The summed E-state index contributed by atoms with van der Waals surface area (Å²) in [5, 5.41) is 20.2. The van der Waals surface area contributed by atoms with Crippen LogP contribution < -0.4 is 18.9 Å². The third kappa shape index (κ3) is 7.58. The minimum atomic E-state index is -1.35. The van der Waals surface area contributed by atoms with Crippen molar-refractivity contribution in [3.8, 4) is 73.6 Å². The lowest BCUT2D eigenvalue weighted by atomic mass is 10.0. The number of carboxylic acids is 1. The van der Waals surface area contributed by atoms with Gasteiger partial charge in [0.2, 0.25) is 0 Å². The van der Waals surface area contributed by atoms with Crippen molar-refractivity contribution in [1.29, 1.82) is 5.26 Å². The minimum Gasteiger partial charge on any atom is -0.497 e. The molecular formula is C52H39N5O6. The number of hydrogen-bond acceptors (Lipinski definition) is 8. The van der Waals surface area contributed by atoms with Crippen molar-refractivity contribution in [2.75, 3.05) is 28.4 Å². The summed E-state index contributed by atoms with van der Waals surface area (Å²) in [5.74, 6) is 1.42. The molecule has 0 saturated carbocycles. The summed E-state index contributed by atoms with van der Waals surface area (Å²) in [6, 6.07) is 38.8. The van der Waals surface area contributed by atoms with Crippen molar-refractivity contribution >= 4 is 58.4 Å². The van der Waals surface area contributed by atoms with Crippen LogP contribution in [0.25, 0.3) is 97.0 Å². The molecule has 2 aliphatic rings. The number of methoxy groups -OCH3 is 4. The highest BCUT2D eigenvalue weighted by molar-refractivity contribution is 6.04. The second-order valence-corrected chi connectivity index (χ2v) is 14.6. The van der Waals surface area contributed by atoms with Gasteiger partial charge >= 0.3 is 5.97 Å². The second kappa shape index (κ2) is 16.8. The summed E-state index contributed by atoms with van der Waals surface area (Å²) >= 11 is 0. The zero-order valence-electron chi connectivity index (χ0n) is 34.7. The van der Waals surface area contributed by atoms with E-state index >= 15 is 0 Å². The fraction of sp³-hybridized carbons (Fsp3) is 0.0769. The quantitative estimate of drug-likeness (QED) is 0.0902. The van der Waals surface area contributed by atoms with E-state index in [4.69, 9.17) is 28.9 Å². The third-order valence-electron chi connectivity index (χ3n) is 11.1. The molecule has 11 nitrogen and oxygen atoms in total. The summed E-state index contributed by atoms with van der Waals surface area (Å²) in [7, 11) is 6.50. The van der Waals surface area contributed by atoms with Crippen molar-refractivity contribution in [3.63, 3.8) is 0 Å². The molecule has 0 unspecified atom stereocenters. The maximum atomic E-state index is 12.4. The Morgan fingerprint density at radius 1 is 0.524 bits per heavy atom. The van der Waals surface area contributed by atoms with Gasteiger partial charge in [-0.3, -0.25) is 0 Å². The zero-order valence-corrected chi connectivity index (χ0v) is 34.7. The summed E-state index contributed by atoms with van der Waals surface area (Å²) in [6.07, 6.45) is 9.28. The van der Waals surface area contributed by atoms with Gasteiger partial charge in [0.25, 0.3) is 0 Å². The Labute approximate surface area is 362 Å². The zero-order chi connectivity index (χ0) is 43.6. The van der Waals surface area contributed by atoms with Crippen LogP contribution in [0.5, 0.6) is 23.0 Å². The molecule has 0 fully saturated rings. The molecule has 0 saturated heterocycles. The molecule has 5 heterocycles. The van der Waals surface area contributed by atoms with Crippen LogP contribution in [-0.4, -0.2) is 59.5 Å². The fourth-order valence-corrected chi connectivity index (χ4v) is 7.97. The number of benzene rings is 4. The number of H-pyrrole nitrogens is 2. The lowest BCUT2D eigenvalue weighted by Gasteiger charge is -2.08. The van der Waals surface area contributed by atoms with Gasteiger partial charge in [-0.2, -0.15) is 5.26 Å². The Balaban J connectivity index is 1.51. The molecule has 7 aromatic rings. The van der Waals surface area contributed by atoms with Gasteiger partial charge in [-0.25, -0.2) is 14.8 Å². The van der Waals surface area contributed by atoms with Gasteiger partial charge in [-0.15, -0.1) is 0 Å². The summed E-state index contributed by atoms with van der Waals surface area (Å²) < 4.78 is 22.1. The first-order valence-electron chi connectivity index (χ1n) is 19.9. The van der Waals surface area contributed by atoms with E-state index < -0.39 is 11.5 Å². The first-order chi connectivity index (χ1) is 30.8. The van der Waals surface area contributed by atoms with Gasteiger partial charge in [0.1, 0.15) is 34.6 Å². The maximum absolute atomic E-state index is 12.4. The molecule has 0 amide bonds. The number of nitrogens with one attached hydrogen (secondary N) is 2. The Morgan fingerprint density at radius 3 is 1.22 bits per heavy atom. The molecule has 4 aromatic carbocycles. The molecule has 0 spiro atoms. The number of aromatic nitrogens is 4. The van der Waals surface area contributed by atoms with Crippen LogP contribution in [0.3, 0.4) is 0 Å². The monoisotopic (exact) mass is 829 g/mol. The van der Waals surface area contributed by atoms with Gasteiger partial charge in [0, 0.05) is 44.4 Å². The lowest BCUT2D eigenvalue weighted by molar-refractivity contribution is -0.132. The fourth-order valence-electron chi connectivity index (χ4n) is 7.97. The van der Waals surface area contributed by atoms with Gasteiger partial charge in [0.15, 0.2) is 0 Å². The van der Waals surface area contributed by atoms with Crippen LogP contribution >= 0.6 is 0 Å². The Morgan fingerprint density at radius 2 is 0.873 bits per heavy atom. The van der Waals surface area contributed by atoms with E-state index in [2.05, 4.69) is 16.0 Å². The number of carboxylic acid groups (broad SMARTS) is 1. The normalized spacial score (nSPS) is 11.9. The first-order valence-corrected chi connectivity index (χ1v) is 19.9. The topological polar surface area (TPSA) is 155 Å². The predicted molar refractivity (Wildman–Crippen MR) is 248 cm³/mol. The van der Waals surface area contributed by atoms with E-state index in [0.29, 0.717) is 62.2 Å². The molecule has 2 aliphatic heterocycles. The predicted octanol–water partition coefficient (Wildman–Crippen LogP) is 11.3. The van der Waals surface area contributed by atoms with Crippen molar-refractivity contribution in [3.05, 3.63) is 149 Å². The van der Waals surface area contributed by atoms with E-state index in [1.54, 1.807) is 28.4 Å². The number of nitrogens with zero attached hydrogens (tertiary/aromatic N) is 3. The van der Waals surface area contributed by atoms with Crippen molar-refractivity contribution in [2.24, 2.45) is 0 Å². The van der Waals surface area contributed by atoms with E-state index in [-0.39, 0.29) is 0 Å². The molecule has 0 radical (unpaired) electrons. The number of rotatable bonds is 10. The third-order valence-corrected chi connectivity index (χ3v) is 11.1. The van der Waals surface area contributed by atoms with Crippen LogP contribution in [0.1, 0.15) is 28.3 Å². The highest BCUT2D eigenvalue weighted by Gasteiger charge is 2.21. The van der Waals surface area contributed by atoms with Gasteiger partial charge < -0.3 is 34.0 Å². The van der Waals surface area contributed by atoms with Crippen LogP contribution in [-0.2, 0) is 4.79 Å². The standard InChI is InChI=1S/C52H39N5O6/c1-60-36-13-5-30(6-14-36)47-40-21-22-41(54-40)48(31-7-15-37(61-2)16-8-31)43-25-26-45(56-43)50(33-11-19-39(63-4)20-12-33)51-34(27-35(29-53)52(58)59)28-46(57-51)49(44-24-23-42(47)55-44)32-9-17-38(62-3)18-10-32/h5-28,54,57H,1-4H3,(H,58,59)/b35-27+,47-40?,47-42?,48-41?,48-43?,49-44?,49-46?,50-45?,51-50?. The van der Waals surface area contributed by atoms with Crippen molar-refractivity contribution in [1.82, 2.24) is 19.9 Å². The molecule has 3 aromatic heterocycles. The minimum absolute atomic E-state index is 0.436. The molecule has 3 N–H and O–H groups in total. The molecule has 11 heteroatoms. The Hall–Kier alpha value is -8.62. The van der Waals surface area contributed by atoms with E-state index in [1.807, 2.05) is 140 Å². The largest absolute Gasteiger partial charge is 0.497 e. The van der Waals surface area contributed by atoms with Gasteiger partial charge in [-0.1, -0.05) is 48.5 Å². The number of aromatic amines is 2. The first kappa shape index (κ1) is 39.8. The average molecular weight is 830 g/mol. The van der Waals surface area contributed by atoms with Crippen molar-refractivity contribution < 1.29 is 28.8 Å². The van der Waals surface area contributed by atoms with Crippen LogP contribution in [0, 0.1) is 11.3 Å². The number of aliphatic carboxylic acids is 1. The average Bonchev–Trinajstić information content (AvgIpc) is 4.17. The summed E-state index contributed by atoms with van der Waals surface area (Å²) in [4.78, 5) is 30.6. The number of nitriles is 1. The van der Waals surface area contributed by atoms with Crippen molar-refractivity contribution in [2.45, 2.75) is 0 Å². The number of carbonyl (C=O) groups is 1. The van der Waals surface area contributed by atoms with Gasteiger partial charge in [0.05, 0.1) is 56.7 Å². The highest BCUT2D eigenvalue weighted by atomic mass is 16.5. The van der Waals surface area contributed by atoms with Gasteiger partial charge in [-0.05, 0) is 119 Å².